The van der Waals surface area contributed by atoms with Crippen LogP contribution in [0.1, 0.15) is 98.2 Å². The van der Waals surface area contributed by atoms with Crippen LogP contribution in [0.3, 0.4) is 0 Å². The fraction of sp³-hybridized carbons (Fsp3) is 0.647. The minimum Gasteiger partial charge on any atom is -0.441 e. The minimum atomic E-state index is -1.20. The van der Waals surface area contributed by atoms with Gasteiger partial charge in [-0.25, -0.2) is 9.78 Å². The molecule has 1 aromatic heterocycles. The summed E-state index contributed by atoms with van der Waals surface area (Å²) >= 11 is 0. The first-order chi connectivity index (χ1) is 20.1. The second-order valence-electron chi connectivity index (χ2n) is 14.6. The fourth-order valence-corrected chi connectivity index (χ4v) is 6.93. The lowest BCUT2D eigenvalue weighted by atomic mass is 9.69. The van der Waals surface area contributed by atoms with Gasteiger partial charge in [0.15, 0.2) is 0 Å². The van der Waals surface area contributed by atoms with Crippen LogP contribution in [0.2, 0.25) is 0 Å². The molecule has 3 atom stereocenters. The van der Waals surface area contributed by atoms with E-state index in [4.69, 9.17) is 10.5 Å². The average molecular weight is 595 g/mol. The number of nitrogens with two attached hydrogens (primary N) is 1. The van der Waals surface area contributed by atoms with Gasteiger partial charge < -0.3 is 20.5 Å². The van der Waals surface area contributed by atoms with Gasteiger partial charge in [-0.15, -0.1) is 0 Å². The highest BCUT2D eigenvalue weighted by molar-refractivity contribution is 5.78. The monoisotopic (exact) mass is 594 g/mol. The van der Waals surface area contributed by atoms with Crippen molar-refractivity contribution < 1.29 is 19.4 Å². The molecule has 1 aliphatic carbocycles. The zero-order valence-corrected chi connectivity index (χ0v) is 26.8. The third-order valence-corrected chi connectivity index (χ3v) is 9.64. The number of piperidine rings is 1. The Kier molecular flexibility index (Phi) is 9.74. The zero-order valence-electron chi connectivity index (χ0n) is 26.8. The number of primary amides is 1. The highest BCUT2D eigenvalue weighted by Crippen LogP contribution is 2.42. The van der Waals surface area contributed by atoms with Crippen LogP contribution in [0.15, 0.2) is 41.5 Å². The minimum absolute atomic E-state index is 0.0291. The maximum atomic E-state index is 13.4. The maximum absolute atomic E-state index is 13.4. The molecule has 0 radical (unpaired) electrons. The summed E-state index contributed by atoms with van der Waals surface area (Å²) in [6.45, 7) is 12.8. The highest BCUT2D eigenvalue weighted by atomic mass is 16.6. The van der Waals surface area contributed by atoms with Gasteiger partial charge >= 0.3 is 6.09 Å². The Balaban J connectivity index is 1.50. The molecule has 0 spiro atoms. The molecular weight excluding hydrogens is 544 g/mol. The van der Waals surface area contributed by atoms with Gasteiger partial charge in [-0.05, 0) is 18.8 Å². The van der Waals surface area contributed by atoms with Crippen LogP contribution in [0.5, 0.6) is 0 Å². The van der Waals surface area contributed by atoms with E-state index in [1.807, 2.05) is 70.7 Å². The van der Waals surface area contributed by atoms with Crippen LogP contribution in [0.4, 0.5) is 4.79 Å². The Bertz CT molecular complexity index is 1360. The lowest BCUT2D eigenvalue weighted by Crippen LogP contribution is -2.61. The molecule has 0 bridgehead atoms. The number of amides is 2. The second kappa shape index (κ2) is 12.8. The normalized spacial score (nSPS) is 22.5. The molecular formula is C34H50N4O5. The first-order valence-electron chi connectivity index (χ1n) is 15.7. The van der Waals surface area contributed by atoms with Crippen LogP contribution in [-0.2, 0) is 16.1 Å². The van der Waals surface area contributed by atoms with Crippen molar-refractivity contribution in [1.82, 2.24) is 14.5 Å². The van der Waals surface area contributed by atoms with Gasteiger partial charge in [0.25, 0.3) is 5.56 Å². The molecule has 9 heteroatoms. The van der Waals surface area contributed by atoms with Crippen LogP contribution in [-0.4, -0.2) is 50.2 Å². The molecule has 9 nitrogen and oxygen atoms in total. The Morgan fingerprint density at radius 2 is 1.84 bits per heavy atom. The van der Waals surface area contributed by atoms with E-state index in [1.54, 1.807) is 0 Å². The molecule has 3 unspecified atom stereocenters. The Labute approximate surface area is 255 Å². The van der Waals surface area contributed by atoms with E-state index in [0.717, 1.165) is 6.42 Å². The fourth-order valence-electron chi connectivity index (χ4n) is 6.93. The number of carbonyl (C=O) groups is 2. The molecule has 1 saturated carbocycles. The van der Waals surface area contributed by atoms with Crippen molar-refractivity contribution in [1.29, 1.82) is 0 Å². The van der Waals surface area contributed by atoms with Crippen molar-refractivity contribution in [3.8, 4) is 11.3 Å². The highest BCUT2D eigenvalue weighted by Gasteiger charge is 2.49. The standard InChI is InChI=1S/C34H50N4O5/c1-23(18-24-12-8-7-9-13-24)30(40)37-17-16-34(42,33(5,6)20-37)21-38-22-36-27(19-28(38)39)25-14-10-11-15-26(25)29(32(2,3)4)43-31(35)41/h10-11,14-15,19,22-24,29,42H,7-9,12-13,16-18,20-21H2,1-6H3,(H2,35,41). The van der Waals surface area contributed by atoms with Crippen molar-refractivity contribution in [2.75, 3.05) is 13.1 Å². The predicted molar refractivity (Wildman–Crippen MR) is 167 cm³/mol. The molecule has 2 heterocycles. The molecule has 43 heavy (non-hydrogen) atoms. The van der Waals surface area contributed by atoms with Crippen LogP contribution in [0, 0.1) is 22.7 Å². The Morgan fingerprint density at radius 3 is 2.44 bits per heavy atom. The Morgan fingerprint density at radius 1 is 1.16 bits per heavy atom. The van der Waals surface area contributed by atoms with Crippen molar-refractivity contribution in [3.63, 3.8) is 0 Å². The molecule has 1 aliphatic heterocycles. The Hall–Kier alpha value is -3.20. The van der Waals surface area contributed by atoms with Crippen LogP contribution < -0.4 is 11.3 Å². The van der Waals surface area contributed by atoms with E-state index < -0.39 is 28.6 Å². The molecule has 2 fully saturated rings. The summed E-state index contributed by atoms with van der Waals surface area (Å²) in [5.74, 6) is 0.766. The maximum Gasteiger partial charge on any atom is 0.405 e. The van der Waals surface area contributed by atoms with Gasteiger partial charge in [0.2, 0.25) is 5.91 Å². The van der Waals surface area contributed by atoms with Gasteiger partial charge in [-0.3, -0.25) is 14.2 Å². The number of ether oxygens (including phenoxy) is 1. The number of likely N-dealkylation sites (tertiary alicyclic amines) is 1. The third kappa shape index (κ3) is 7.48. The zero-order chi connectivity index (χ0) is 31.6. The summed E-state index contributed by atoms with van der Waals surface area (Å²) in [5.41, 5.74) is 4.60. The first-order valence-corrected chi connectivity index (χ1v) is 15.7. The van der Waals surface area contributed by atoms with Crippen molar-refractivity contribution >= 4 is 12.0 Å². The number of aliphatic hydroxyl groups is 1. The van der Waals surface area contributed by atoms with Gasteiger partial charge in [-0.2, -0.15) is 0 Å². The molecule has 2 aliphatic rings. The number of hydrogen-bond acceptors (Lipinski definition) is 6. The predicted octanol–water partition coefficient (Wildman–Crippen LogP) is 5.69. The molecule has 3 N–H and O–H groups in total. The average Bonchev–Trinajstić information content (AvgIpc) is 2.94. The molecule has 1 saturated heterocycles. The largest absolute Gasteiger partial charge is 0.441 e. The van der Waals surface area contributed by atoms with Crippen LogP contribution >= 0.6 is 0 Å². The van der Waals surface area contributed by atoms with Gasteiger partial charge in [0.1, 0.15) is 6.10 Å². The molecule has 1 aromatic carbocycles. The van der Waals surface area contributed by atoms with E-state index in [9.17, 15) is 19.5 Å². The van der Waals surface area contributed by atoms with Crippen molar-refractivity contribution in [3.05, 3.63) is 52.6 Å². The molecule has 4 rings (SSSR count). The van der Waals surface area contributed by atoms with E-state index in [0.29, 0.717) is 42.2 Å². The summed E-state index contributed by atoms with van der Waals surface area (Å²) in [6, 6.07) is 8.81. The second-order valence-corrected chi connectivity index (χ2v) is 14.6. The lowest BCUT2D eigenvalue weighted by molar-refractivity contribution is -0.157. The summed E-state index contributed by atoms with van der Waals surface area (Å²) in [7, 11) is 0. The quantitative estimate of drug-likeness (QED) is 0.404. The van der Waals surface area contributed by atoms with Crippen LogP contribution in [0.25, 0.3) is 11.3 Å². The lowest BCUT2D eigenvalue weighted by Gasteiger charge is -2.50. The summed E-state index contributed by atoms with van der Waals surface area (Å²) in [5, 5.41) is 11.9. The number of nitrogens with zero attached hydrogens (tertiary/aromatic N) is 3. The number of rotatable bonds is 8. The number of hydrogen-bond donors (Lipinski definition) is 2. The number of benzene rings is 1. The molecule has 236 valence electrons. The topological polar surface area (TPSA) is 128 Å². The number of aromatic nitrogens is 2. The van der Waals surface area contributed by atoms with Gasteiger partial charge in [-0.1, -0.05) is 97.9 Å². The van der Waals surface area contributed by atoms with Gasteiger partial charge in [0.05, 0.1) is 24.2 Å². The third-order valence-electron chi connectivity index (χ3n) is 9.64. The summed E-state index contributed by atoms with van der Waals surface area (Å²) < 4.78 is 6.94. The van der Waals surface area contributed by atoms with E-state index >= 15 is 0 Å². The molecule has 2 amide bonds. The number of carbonyl (C=O) groups excluding carboxylic acids is 2. The van der Waals surface area contributed by atoms with Crippen molar-refractivity contribution in [2.45, 2.75) is 105 Å². The summed E-state index contributed by atoms with van der Waals surface area (Å²) in [6.07, 6.45) is 7.51. The SMILES string of the molecule is CC(CC1CCCCC1)C(=O)N1CCC(O)(Cn2cnc(-c3ccccc3C(OC(N)=O)C(C)(C)C)cc2=O)C(C)(C)C1. The molecule has 2 aromatic rings. The van der Waals surface area contributed by atoms with E-state index in [1.165, 1.54) is 49.1 Å². The van der Waals surface area contributed by atoms with E-state index in [-0.39, 0.29) is 23.9 Å². The first kappa shape index (κ1) is 32.7. The van der Waals surface area contributed by atoms with Crippen molar-refractivity contribution in [2.24, 2.45) is 28.4 Å². The van der Waals surface area contributed by atoms with E-state index in [2.05, 4.69) is 4.98 Å². The van der Waals surface area contributed by atoms with Gasteiger partial charge in [0, 0.05) is 47.0 Å². The summed E-state index contributed by atoms with van der Waals surface area (Å²) in [4.78, 5) is 45.0. The smallest absolute Gasteiger partial charge is 0.405 e.